The van der Waals surface area contributed by atoms with Crippen LogP contribution in [0.25, 0.3) is 0 Å². The highest BCUT2D eigenvalue weighted by molar-refractivity contribution is 5.77. The average Bonchev–Trinajstić information content (AvgIpc) is 2.89. The highest BCUT2D eigenvalue weighted by Crippen LogP contribution is 2.39. The predicted octanol–water partition coefficient (Wildman–Crippen LogP) is 1.52. The molecule has 0 aromatic carbocycles. The summed E-state index contributed by atoms with van der Waals surface area (Å²) in [7, 11) is 0. The van der Waals surface area contributed by atoms with Crippen molar-refractivity contribution in [2.24, 2.45) is 5.92 Å². The number of likely N-dealkylation sites (tertiary alicyclic amines) is 1. The van der Waals surface area contributed by atoms with E-state index in [4.69, 9.17) is 9.26 Å². The molecule has 0 radical (unpaired) electrons. The van der Waals surface area contributed by atoms with Gasteiger partial charge in [-0.2, -0.15) is 0 Å². The Morgan fingerprint density at radius 3 is 3.19 bits per heavy atom. The lowest BCUT2D eigenvalue weighted by atomic mass is 9.71. The van der Waals surface area contributed by atoms with Gasteiger partial charge in [-0.05, 0) is 31.3 Å². The molecule has 1 aromatic heterocycles. The van der Waals surface area contributed by atoms with E-state index in [1.54, 1.807) is 17.9 Å². The molecule has 0 spiro atoms. The minimum atomic E-state index is -0.556. The summed E-state index contributed by atoms with van der Waals surface area (Å²) in [5, 5.41) is 14.3. The summed E-state index contributed by atoms with van der Waals surface area (Å²) < 4.78 is 10.2. The van der Waals surface area contributed by atoms with Gasteiger partial charge in [-0.25, -0.2) is 0 Å². The Morgan fingerprint density at radius 1 is 1.57 bits per heavy atom. The Morgan fingerprint density at radius 2 is 2.43 bits per heavy atom. The molecule has 1 aliphatic heterocycles. The molecule has 3 rings (SSSR count). The van der Waals surface area contributed by atoms with Gasteiger partial charge in [0.2, 0.25) is 0 Å². The molecule has 1 amide bonds. The van der Waals surface area contributed by atoms with Crippen LogP contribution in [0.15, 0.2) is 10.6 Å². The molecular weight excluding hydrogens is 272 g/mol. The number of fused-ring (bicyclic) bond motifs is 1. The molecular formula is C15H22N2O4. The number of aliphatic hydroxyl groups is 1. The summed E-state index contributed by atoms with van der Waals surface area (Å²) in [5.74, 6) is 1.15. The largest absolute Gasteiger partial charge is 0.465 e. The maximum absolute atomic E-state index is 12.2. The molecule has 116 valence electrons. The molecule has 1 saturated heterocycles. The van der Waals surface area contributed by atoms with Crippen LogP contribution in [0.1, 0.15) is 37.9 Å². The topological polar surface area (TPSA) is 75.8 Å². The van der Waals surface area contributed by atoms with E-state index in [9.17, 15) is 9.90 Å². The van der Waals surface area contributed by atoms with E-state index < -0.39 is 5.60 Å². The summed E-state index contributed by atoms with van der Waals surface area (Å²) in [6, 6.07) is 1.66. The monoisotopic (exact) mass is 294 g/mol. The molecule has 0 bridgehead atoms. The second-order valence-corrected chi connectivity index (χ2v) is 6.20. The van der Waals surface area contributed by atoms with Crippen molar-refractivity contribution < 1.29 is 19.2 Å². The van der Waals surface area contributed by atoms with Gasteiger partial charge in [0.25, 0.3) is 11.8 Å². The number of nitrogens with zero attached hydrogens (tertiary/aromatic N) is 2. The highest BCUT2D eigenvalue weighted by Gasteiger charge is 2.43. The van der Waals surface area contributed by atoms with Crippen LogP contribution in [0, 0.1) is 12.8 Å². The summed E-state index contributed by atoms with van der Waals surface area (Å²) in [5.41, 5.74) is -0.556. The van der Waals surface area contributed by atoms with Crippen molar-refractivity contribution in [1.29, 1.82) is 0 Å². The summed E-state index contributed by atoms with van der Waals surface area (Å²) in [4.78, 5) is 14.0. The van der Waals surface area contributed by atoms with Crippen molar-refractivity contribution in [1.82, 2.24) is 10.1 Å². The van der Waals surface area contributed by atoms with Gasteiger partial charge in [0.15, 0.2) is 6.61 Å². The maximum Gasteiger partial charge on any atom is 0.260 e. The third kappa shape index (κ3) is 3.05. The number of hydrogen-bond donors (Lipinski definition) is 1. The van der Waals surface area contributed by atoms with E-state index in [2.05, 4.69) is 5.16 Å². The SMILES string of the molecule is Cc1cc(OCC(=O)N2CCC3(O)CCCCC3C2)no1. The summed E-state index contributed by atoms with van der Waals surface area (Å²) in [6.45, 7) is 2.98. The third-order valence-corrected chi connectivity index (χ3v) is 4.73. The number of amides is 1. The predicted molar refractivity (Wildman–Crippen MR) is 74.8 cm³/mol. The molecule has 21 heavy (non-hydrogen) atoms. The molecule has 2 fully saturated rings. The van der Waals surface area contributed by atoms with Crippen molar-refractivity contribution in [2.75, 3.05) is 19.7 Å². The fraction of sp³-hybridized carbons (Fsp3) is 0.733. The number of rotatable bonds is 3. The number of hydrogen-bond acceptors (Lipinski definition) is 5. The zero-order chi connectivity index (χ0) is 14.9. The molecule has 1 N–H and O–H groups in total. The molecule has 1 aromatic rings. The zero-order valence-corrected chi connectivity index (χ0v) is 12.4. The first-order valence-electron chi connectivity index (χ1n) is 7.63. The van der Waals surface area contributed by atoms with Gasteiger partial charge >= 0.3 is 0 Å². The van der Waals surface area contributed by atoms with Crippen molar-refractivity contribution in [2.45, 2.75) is 44.6 Å². The Bertz CT molecular complexity index is 516. The summed E-state index contributed by atoms with van der Waals surface area (Å²) >= 11 is 0. The first-order chi connectivity index (χ1) is 10.1. The Kier molecular flexibility index (Phi) is 3.89. The minimum absolute atomic E-state index is 0.0306. The summed E-state index contributed by atoms with van der Waals surface area (Å²) in [6.07, 6.45) is 4.78. The van der Waals surface area contributed by atoms with Crippen LogP contribution in [-0.4, -0.2) is 46.4 Å². The van der Waals surface area contributed by atoms with Gasteiger partial charge in [-0.15, -0.1) is 0 Å². The lowest BCUT2D eigenvalue weighted by Crippen LogP contribution is -2.55. The standard InChI is InChI=1S/C15H22N2O4/c1-11-8-13(16-21-11)20-10-14(18)17-7-6-15(19)5-3-2-4-12(15)9-17/h8,12,19H,2-7,9-10H2,1H3. The molecule has 6 heteroatoms. The highest BCUT2D eigenvalue weighted by atomic mass is 16.5. The Hall–Kier alpha value is -1.56. The zero-order valence-electron chi connectivity index (χ0n) is 12.4. The van der Waals surface area contributed by atoms with E-state index in [1.807, 2.05) is 0 Å². The van der Waals surface area contributed by atoms with Gasteiger partial charge < -0.3 is 19.3 Å². The average molecular weight is 294 g/mol. The van der Waals surface area contributed by atoms with E-state index in [0.717, 1.165) is 25.7 Å². The molecule has 6 nitrogen and oxygen atoms in total. The fourth-order valence-corrected chi connectivity index (χ4v) is 3.44. The van der Waals surface area contributed by atoms with E-state index in [1.165, 1.54) is 0 Å². The van der Waals surface area contributed by atoms with Crippen molar-refractivity contribution in [3.8, 4) is 5.88 Å². The van der Waals surface area contributed by atoms with E-state index in [0.29, 0.717) is 31.2 Å². The normalized spacial score (nSPS) is 29.0. The lowest BCUT2D eigenvalue weighted by Gasteiger charge is -2.47. The van der Waals surface area contributed by atoms with Gasteiger partial charge in [-0.1, -0.05) is 12.8 Å². The quantitative estimate of drug-likeness (QED) is 0.914. The first kappa shape index (κ1) is 14.4. The minimum Gasteiger partial charge on any atom is -0.465 e. The smallest absolute Gasteiger partial charge is 0.260 e. The second-order valence-electron chi connectivity index (χ2n) is 6.20. The number of carbonyl (C=O) groups is 1. The van der Waals surface area contributed by atoms with Crippen LogP contribution in [0.4, 0.5) is 0 Å². The molecule has 2 heterocycles. The van der Waals surface area contributed by atoms with Crippen LogP contribution < -0.4 is 4.74 Å². The van der Waals surface area contributed by atoms with Crippen molar-refractivity contribution in [3.05, 3.63) is 11.8 Å². The molecule has 2 unspecified atom stereocenters. The third-order valence-electron chi connectivity index (χ3n) is 4.73. The van der Waals surface area contributed by atoms with E-state index >= 15 is 0 Å². The number of carbonyl (C=O) groups excluding carboxylic acids is 1. The van der Waals surface area contributed by atoms with Gasteiger partial charge in [0, 0.05) is 25.1 Å². The number of aromatic nitrogens is 1. The van der Waals surface area contributed by atoms with E-state index in [-0.39, 0.29) is 18.4 Å². The van der Waals surface area contributed by atoms with Gasteiger partial charge in [0.05, 0.1) is 5.60 Å². The fourth-order valence-electron chi connectivity index (χ4n) is 3.44. The molecule has 1 aliphatic carbocycles. The number of ether oxygens (including phenoxy) is 1. The van der Waals surface area contributed by atoms with Crippen LogP contribution in [0.2, 0.25) is 0 Å². The lowest BCUT2D eigenvalue weighted by molar-refractivity contribution is -0.145. The van der Waals surface area contributed by atoms with Gasteiger partial charge in [-0.3, -0.25) is 4.79 Å². The van der Waals surface area contributed by atoms with Crippen LogP contribution in [-0.2, 0) is 4.79 Å². The number of aryl methyl sites for hydroxylation is 1. The van der Waals surface area contributed by atoms with Crippen LogP contribution in [0.5, 0.6) is 5.88 Å². The Labute approximate surface area is 124 Å². The molecule has 2 aliphatic rings. The Balaban J connectivity index is 1.54. The second kappa shape index (κ2) is 5.67. The number of piperidine rings is 1. The van der Waals surface area contributed by atoms with Crippen molar-refractivity contribution >= 4 is 5.91 Å². The maximum atomic E-state index is 12.2. The van der Waals surface area contributed by atoms with Crippen LogP contribution >= 0.6 is 0 Å². The van der Waals surface area contributed by atoms with Crippen molar-refractivity contribution in [3.63, 3.8) is 0 Å². The molecule has 2 atom stereocenters. The van der Waals surface area contributed by atoms with Gasteiger partial charge in [0.1, 0.15) is 5.76 Å². The van der Waals surface area contributed by atoms with Crippen LogP contribution in [0.3, 0.4) is 0 Å². The first-order valence-corrected chi connectivity index (χ1v) is 7.63. The molecule has 1 saturated carbocycles.